The summed E-state index contributed by atoms with van der Waals surface area (Å²) in [5, 5.41) is 0. The molecule has 0 amide bonds. The van der Waals surface area contributed by atoms with Crippen LogP contribution in [0.1, 0.15) is 66.8 Å². The second-order valence-corrected chi connectivity index (χ2v) is 31.0. The lowest BCUT2D eigenvalue weighted by molar-refractivity contribution is 0.929. The van der Waals surface area contributed by atoms with Crippen molar-refractivity contribution in [3.05, 3.63) is 23.8 Å². The highest BCUT2D eigenvalue weighted by molar-refractivity contribution is 7.68. The lowest BCUT2D eigenvalue weighted by Crippen LogP contribution is -2.23. The molecule has 1 aromatic rings. The molecule has 0 unspecified atom stereocenters. The summed E-state index contributed by atoms with van der Waals surface area (Å²) in [6.45, 7) is 33.3. The molecule has 0 spiro atoms. The van der Waals surface area contributed by atoms with Crippen molar-refractivity contribution in [2.45, 2.75) is 130 Å². The Morgan fingerprint density at radius 3 is 1.03 bits per heavy atom. The Morgan fingerprint density at radius 1 is 0.594 bits per heavy atom. The van der Waals surface area contributed by atoms with Gasteiger partial charge in [0.05, 0.1) is 11.4 Å². The Bertz CT molecular complexity index is 768. The van der Waals surface area contributed by atoms with Crippen LogP contribution >= 0.6 is 14.1 Å². The van der Waals surface area contributed by atoms with Crippen molar-refractivity contribution < 1.29 is 0 Å². The van der Waals surface area contributed by atoms with Gasteiger partial charge in [-0.15, -0.1) is 0 Å². The van der Waals surface area contributed by atoms with E-state index in [1.54, 1.807) is 0 Å². The third-order valence-corrected chi connectivity index (χ3v) is 22.8. The van der Waals surface area contributed by atoms with E-state index in [1.165, 1.54) is 11.4 Å². The molecular formula is C24H52N4P2Si2. The fourth-order valence-corrected chi connectivity index (χ4v) is 23.2. The Kier molecular flexibility index (Phi) is 10.4. The normalized spacial score (nSPS) is 14.1. The van der Waals surface area contributed by atoms with Crippen LogP contribution in [-0.2, 0) is 12.3 Å². The van der Waals surface area contributed by atoms with E-state index in [4.69, 9.17) is 18.8 Å². The molecule has 186 valence electrons. The monoisotopic (exact) mass is 514 g/mol. The van der Waals surface area contributed by atoms with Crippen LogP contribution in [0.3, 0.4) is 0 Å². The molecule has 1 aromatic heterocycles. The molecule has 0 aliphatic rings. The summed E-state index contributed by atoms with van der Waals surface area (Å²) >= 11 is 0. The number of aromatic nitrogens is 2. The van der Waals surface area contributed by atoms with Gasteiger partial charge in [-0.3, -0.25) is 9.97 Å². The fraction of sp³-hybridized carbons (Fsp3) is 0.833. The molecule has 0 aromatic carbocycles. The maximum Gasteiger partial charge on any atom is 0.170 e. The minimum Gasteiger partial charge on any atom is -0.337 e. The van der Waals surface area contributed by atoms with E-state index in [1.807, 2.05) is 12.4 Å². The van der Waals surface area contributed by atoms with Gasteiger partial charge in [-0.2, -0.15) is 0 Å². The smallest absolute Gasteiger partial charge is 0.170 e. The Balaban J connectivity index is 3.75. The van der Waals surface area contributed by atoms with Crippen molar-refractivity contribution in [3.63, 3.8) is 0 Å². The van der Waals surface area contributed by atoms with Crippen LogP contribution in [0.5, 0.6) is 0 Å². The number of nitrogens with zero attached hydrogens (tertiary/aromatic N) is 4. The summed E-state index contributed by atoms with van der Waals surface area (Å²) in [5.74, 6) is 0. The highest BCUT2D eigenvalue weighted by atomic mass is 31.2. The Labute approximate surface area is 202 Å². The summed E-state index contributed by atoms with van der Waals surface area (Å²) in [6.07, 6.45) is 5.75. The first-order valence-electron chi connectivity index (χ1n) is 12.4. The van der Waals surface area contributed by atoms with E-state index < -0.39 is 30.6 Å². The summed E-state index contributed by atoms with van der Waals surface area (Å²) in [5.41, 5.74) is 4.63. The zero-order valence-electron chi connectivity index (χ0n) is 23.6. The molecule has 0 fully saturated rings. The molecule has 0 atom stereocenters. The van der Waals surface area contributed by atoms with Crippen LogP contribution in [-0.4, -0.2) is 49.1 Å². The van der Waals surface area contributed by atoms with Gasteiger partial charge in [0.25, 0.3) is 0 Å². The van der Waals surface area contributed by atoms with E-state index in [-0.39, 0.29) is 0 Å². The van der Waals surface area contributed by atoms with E-state index in [9.17, 15) is 0 Å². The molecule has 0 saturated heterocycles. The molecular weight excluding hydrogens is 462 g/mol. The molecule has 32 heavy (non-hydrogen) atoms. The maximum absolute atomic E-state index is 5.68. The fourth-order valence-electron chi connectivity index (χ4n) is 4.71. The predicted molar refractivity (Wildman–Crippen MR) is 155 cm³/mol. The second kappa shape index (κ2) is 11.1. The van der Waals surface area contributed by atoms with Gasteiger partial charge in [0.15, 0.2) is 16.5 Å². The zero-order chi connectivity index (χ0) is 25.1. The first kappa shape index (κ1) is 30.0. The first-order valence-corrected chi connectivity index (χ1v) is 23.4. The second-order valence-electron chi connectivity index (χ2n) is 12.5. The van der Waals surface area contributed by atoms with E-state index in [2.05, 4.69) is 94.7 Å². The van der Waals surface area contributed by atoms with Gasteiger partial charge in [0.1, 0.15) is 0 Å². The van der Waals surface area contributed by atoms with Crippen LogP contribution in [0.15, 0.2) is 21.2 Å². The molecule has 0 N–H and O–H groups in total. The topological polar surface area (TPSA) is 50.5 Å². The van der Waals surface area contributed by atoms with Crippen LogP contribution in [0, 0.1) is 0 Å². The van der Waals surface area contributed by atoms with Crippen molar-refractivity contribution in [1.82, 2.24) is 9.97 Å². The summed E-state index contributed by atoms with van der Waals surface area (Å²) < 4.78 is 11.4. The Morgan fingerprint density at radius 2 is 0.844 bits per heavy atom. The van der Waals surface area contributed by atoms with Crippen molar-refractivity contribution in [2.75, 3.05) is 0 Å². The average Bonchev–Trinajstić information content (AvgIpc) is 2.58. The molecule has 0 aliphatic carbocycles. The number of rotatable bonds is 10. The van der Waals surface area contributed by atoms with Gasteiger partial charge in [0, 0.05) is 24.7 Å². The highest BCUT2D eigenvalue weighted by Gasteiger charge is 2.35. The highest BCUT2D eigenvalue weighted by Crippen LogP contribution is 2.64. The zero-order valence-corrected chi connectivity index (χ0v) is 27.4. The van der Waals surface area contributed by atoms with Gasteiger partial charge in [-0.05, 0) is 36.7 Å². The molecule has 0 aliphatic heterocycles. The summed E-state index contributed by atoms with van der Waals surface area (Å²) in [4.78, 5) is 9.93. The molecule has 1 rings (SSSR count). The summed E-state index contributed by atoms with van der Waals surface area (Å²) in [6, 6.07) is 0. The molecule has 0 bridgehead atoms. The van der Waals surface area contributed by atoms with Crippen molar-refractivity contribution >= 4 is 30.6 Å². The third-order valence-electron chi connectivity index (χ3n) is 6.22. The van der Waals surface area contributed by atoms with Crippen molar-refractivity contribution in [1.29, 1.82) is 0 Å². The minimum absolute atomic E-state index is 0.561. The van der Waals surface area contributed by atoms with Crippen molar-refractivity contribution in [3.8, 4) is 0 Å². The number of hydrogen-bond donors (Lipinski definition) is 0. The minimum atomic E-state index is -1.59. The SMILES string of the molecule is CC(C)P(Cc1nccnc1CP(=N[Si](C)(C)C)(C(C)C)C(C)C)(=N[Si](C)(C)C)C(C)C. The van der Waals surface area contributed by atoms with Gasteiger partial charge in [-0.25, -0.2) is 0 Å². The lowest BCUT2D eigenvalue weighted by Gasteiger charge is -2.38. The molecule has 8 heteroatoms. The first-order chi connectivity index (χ1) is 14.4. The standard InChI is InChI=1S/C24H52N4P2Si2/c1-19(2)29(20(3)4,27-31(9,10)11)17-23-24(26-16-15-25-23)18-30(21(5)6,22(7)8)28-32(12,13)14/h15-16,19-22H,17-18H2,1-14H3. The number of hydrogen-bond acceptors (Lipinski definition) is 4. The molecule has 0 saturated carbocycles. The van der Waals surface area contributed by atoms with E-state index in [0.29, 0.717) is 22.6 Å². The largest absolute Gasteiger partial charge is 0.337 e. The van der Waals surface area contributed by atoms with Crippen LogP contribution in [0.4, 0.5) is 0 Å². The Hall–Kier alpha value is -0.0262. The van der Waals surface area contributed by atoms with Crippen LogP contribution < -0.4 is 0 Å². The molecule has 0 radical (unpaired) electrons. The van der Waals surface area contributed by atoms with E-state index >= 15 is 0 Å². The van der Waals surface area contributed by atoms with Crippen molar-refractivity contribution in [2.24, 2.45) is 8.82 Å². The van der Waals surface area contributed by atoms with Gasteiger partial charge < -0.3 is 8.82 Å². The van der Waals surface area contributed by atoms with Gasteiger partial charge in [-0.1, -0.05) is 94.7 Å². The molecule has 4 nitrogen and oxygen atoms in total. The summed E-state index contributed by atoms with van der Waals surface area (Å²) in [7, 11) is -6.35. The third kappa shape index (κ3) is 7.75. The average molecular weight is 515 g/mol. The van der Waals surface area contributed by atoms with Gasteiger partial charge in [0.2, 0.25) is 0 Å². The molecule has 1 heterocycles. The van der Waals surface area contributed by atoms with Crippen LogP contribution in [0.2, 0.25) is 39.3 Å². The quantitative estimate of drug-likeness (QED) is 0.231. The maximum atomic E-state index is 5.68. The lowest BCUT2D eigenvalue weighted by atomic mass is 10.3. The van der Waals surface area contributed by atoms with E-state index in [0.717, 1.165) is 12.3 Å². The van der Waals surface area contributed by atoms with Gasteiger partial charge >= 0.3 is 0 Å². The predicted octanol–water partition coefficient (Wildman–Crippen LogP) is 9.18. The van der Waals surface area contributed by atoms with Crippen LogP contribution in [0.25, 0.3) is 0 Å².